The van der Waals surface area contributed by atoms with Crippen LogP contribution in [0.4, 0.5) is 10.5 Å². The Kier molecular flexibility index (Phi) is 7.03. The third-order valence-corrected chi connectivity index (χ3v) is 4.84. The van der Waals surface area contributed by atoms with Crippen LogP contribution in [0, 0.1) is 10.1 Å². The zero-order chi connectivity index (χ0) is 22.4. The molecule has 0 saturated carbocycles. The van der Waals surface area contributed by atoms with Crippen LogP contribution in [-0.2, 0) is 27.5 Å². The Morgan fingerprint density at radius 3 is 2.23 bits per heavy atom. The molecule has 3 rings (SSSR count). The lowest BCUT2D eigenvalue weighted by molar-refractivity contribution is -0.384. The number of likely N-dealkylation sites (tertiary alicyclic amines) is 1. The summed E-state index contributed by atoms with van der Waals surface area (Å²) in [5.41, 5.74) is 1.23. The van der Waals surface area contributed by atoms with Crippen molar-refractivity contribution in [1.29, 1.82) is 0 Å². The normalized spacial score (nSPS) is 17.8. The van der Waals surface area contributed by atoms with E-state index >= 15 is 0 Å². The summed E-state index contributed by atoms with van der Waals surface area (Å²) in [6.45, 7) is -0.167. The number of amides is 1. The van der Waals surface area contributed by atoms with Gasteiger partial charge in [-0.25, -0.2) is 9.59 Å². The SMILES string of the molecule is COc1ccc(COC(=O)[C@H]2CC(O)CN2C(=O)OCc2ccc([N+](=O)[O-])cc2)cc1. The fraction of sp³-hybridized carbons (Fsp3) is 0.333. The summed E-state index contributed by atoms with van der Waals surface area (Å²) < 4.78 is 15.6. The first-order valence-electron chi connectivity index (χ1n) is 9.51. The first kappa shape index (κ1) is 22.0. The molecule has 164 valence electrons. The minimum absolute atomic E-state index is 0.0150. The molecule has 1 heterocycles. The van der Waals surface area contributed by atoms with E-state index < -0.39 is 29.1 Å². The smallest absolute Gasteiger partial charge is 0.410 e. The molecule has 2 atom stereocenters. The summed E-state index contributed by atoms with van der Waals surface area (Å²) in [6, 6.07) is 11.6. The molecule has 1 aliphatic heterocycles. The lowest BCUT2D eigenvalue weighted by atomic mass is 10.2. The van der Waals surface area contributed by atoms with Gasteiger partial charge in [0.15, 0.2) is 0 Å². The van der Waals surface area contributed by atoms with Gasteiger partial charge in [-0.2, -0.15) is 0 Å². The molecule has 10 nitrogen and oxygen atoms in total. The molecule has 10 heteroatoms. The van der Waals surface area contributed by atoms with Gasteiger partial charge < -0.3 is 19.3 Å². The maximum Gasteiger partial charge on any atom is 0.410 e. The number of esters is 1. The summed E-state index contributed by atoms with van der Waals surface area (Å²) in [5.74, 6) is 0.0376. The molecule has 1 amide bonds. The van der Waals surface area contributed by atoms with E-state index in [4.69, 9.17) is 14.2 Å². The number of methoxy groups -OCH3 is 1. The molecule has 0 spiro atoms. The first-order chi connectivity index (χ1) is 14.9. The number of aliphatic hydroxyl groups is 1. The van der Waals surface area contributed by atoms with E-state index in [1.54, 1.807) is 31.4 Å². The number of aliphatic hydroxyl groups excluding tert-OH is 1. The number of nitro groups is 1. The molecule has 0 aromatic heterocycles. The molecule has 31 heavy (non-hydrogen) atoms. The topological polar surface area (TPSA) is 128 Å². The highest BCUT2D eigenvalue weighted by molar-refractivity contribution is 5.82. The summed E-state index contributed by atoms with van der Waals surface area (Å²) in [6.07, 6.45) is -1.60. The molecular weight excluding hydrogens is 408 g/mol. The molecule has 0 aliphatic carbocycles. The van der Waals surface area contributed by atoms with Crippen LogP contribution in [0.1, 0.15) is 17.5 Å². The third kappa shape index (κ3) is 5.70. The second-order valence-corrected chi connectivity index (χ2v) is 6.99. The van der Waals surface area contributed by atoms with Crippen LogP contribution >= 0.6 is 0 Å². The van der Waals surface area contributed by atoms with Crippen LogP contribution in [0.5, 0.6) is 5.75 Å². The van der Waals surface area contributed by atoms with Crippen LogP contribution in [0.15, 0.2) is 48.5 Å². The first-order valence-corrected chi connectivity index (χ1v) is 9.51. The van der Waals surface area contributed by atoms with E-state index in [9.17, 15) is 24.8 Å². The lowest BCUT2D eigenvalue weighted by Crippen LogP contribution is -2.41. The van der Waals surface area contributed by atoms with Crippen LogP contribution in [0.3, 0.4) is 0 Å². The van der Waals surface area contributed by atoms with Crippen molar-refractivity contribution in [1.82, 2.24) is 4.90 Å². The number of nitrogens with zero attached hydrogens (tertiary/aromatic N) is 2. The monoisotopic (exact) mass is 430 g/mol. The molecular formula is C21H22N2O8. The molecule has 1 fully saturated rings. The summed E-state index contributed by atoms with van der Waals surface area (Å²) >= 11 is 0. The zero-order valence-corrected chi connectivity index (χ0v) is 16.8. The van der Waals surface area contributed by atoms with Crippen molar-refractivity contribution < 1.29 is 33.8 Å². The average molecular weight is 430 g/mol. The number of nitro benzene ring substituents is 1. The Balaban J connectivity index is 1.55. The summed E-state index contributed by atoms with van der Waals surface area (Å²) in [7, 11) is 1.55. The molecule has 2 aromatic rings. The molecule has 1 saturated heterocycles. The fourth-order valence-corrected chi connectivity index (χ4v) is 3.15. The van der Waals surface area contributed by atoms with Gasteiger partial charge in [0.05, 0.1) is 24.7 Å². The highest BCUT2D eigenvalue weighted by Gasteiger charge is 2.41. The number of ether oxygens (including phenoxy) is 3. The van der Waals surface area contributed by atoms with Crippen LogP contribution in [-0.4, -0.2) is 52.8 Å². The van der Waals surface area contributed by atoms with Gasteiger partial charge in [-0.05, 0) is 35.4 Å². The maximum atomic E-state index is 12.5. The minimum atomic E-state index is -0.961. The van der Waals surface area contributed by atoms with Gasteiger partial charge in [-0.15, -0.1) is 0 Å². The number of hydrogen-bond donors (Lipinski definition) is 1. The standard InChI is InChI=1S/C21H22N2O8/c1-29-18-8-4-15(5-9-18)12-30-20(25)19-10-17(24)11-22(19)21(26)31-13-14-2-6-16(7-3-14)23(27)28/h2-9,17,19,24H,10-13H2,1H3/t17?,19-/m1/s1. The minimum Gasteiger partial charge on any atom is -0.497 e. The van der Waals surface area contributed by atoms with E-state index in [2.05, 4.69) is 0 Å². The zero-order valence-electron chi connectivity index (χ0n) is 16.8. The van der Waals surface area contributed by atoms with Crippen molar-refractivity contribution >= 4 is 17.7 Å². The van der Waals surface area contributed by atoms with E-state index in [1.807, 2.05) is 0 Å². The van der Waals surface area contributed by atoms with Crippen LogP contribution in [0.25, 0.3) is 0 Å². The number of β-amino-alcohol motifs (C(OH)–C–C–N with tert-alkyl or cyclic N) is 1. The van der Waals surface area contributed by atoms with Crippen LogP contribution < -0.4 is 4.74 Å². The van der Waals surface area contributed by atoms with E-state index in [0.29, 0.717) is 11.3 Å². The third-order valence-electron chi connectivity index (χ3n) is 4.84. The van der Waals surface area contributed by atoms with Crippen LogP contribution in [0.2, 0.25) is 0 Å². The van der Waals surface area contributed by atoms with Crippen molar-refractivity contribution in [3.8, 4) is 5.75 Å². The van der Waals surface area contributed by atoms with E-state index in [-0.39, 0.29) is 31.9 Å². The highest BCUT2D eigenvalue weighted by atomic mass is 16.6. The van der Waals surface area contributed by atoms with Crippen molar-refractivity contribution in [2.45, 2.75) is 31.8 Å². The Bertz CT molecular complexity index is 929. The quantitative estimate of drug-likeness (QED) is 0.403. The number of carbonyl (C=O) groups excluding carboxylic acids is 2. The largest absolute Gasteiger partial charge is 0.497 e. The Morgan fingerprint density at radius 2 is 1.65 bits per heavy atom. The fourth-order valence-electron chi connectivity index (χ4n) is 3.15. The molecule has 0 bridgehead atoms. The van der Waals surface area contributed by atoms with E-state index in [1.165, 1.54) is 24.3 Å². The maximum absolute atomic E-state index is 12.5. The van der Waals surface area contributed by atoms with Gasteiger partial charge in [0.2, 0.25) is 0 Å². The number of hydrogen-bond acceptors (Lipinski definition) is 8. The molecule has 1 unspecified atom stereocenters. The predicted octanol–water partition coefficient (Wildman–Crippen LogP) is 2.42. The number of rotatable bonds is 7. The van der Waals surface area contributed by atoms with Gasteiger partial charge >= 0.3 is 12.1 Å². The van der Waals surface area contributed by atoms with Gasteiger partial charge in [0.25, 0.3) is 5.69 Å². The van der Waals surface area contributed by atoms with Gasteiger partial charge in [-0.1, -0.05) is 12.1 Å². The number of carbonyl (C=O) groups is 2. The van der Waals surface area contributed by atoms with Crippen molar-refractivity contribution in [3.05, 3.63) is 69.8 Å². The Morgan fingerprint density at radius 1 is 1.06 bits per heavy atom. The summed E-state index contributed by atoms with van der Waals surface area (Å²) in [5, 5.41) is 20.6. The molecule has 1 N–H and O–H groups in total. The number of non-ortho nitro benzene ring substituents is 1. The van der Waals surface area contributed by atoms with Crippen molar-refractivity contribution in [2.75, 3.05) is 13.7 Å². The van der Waals surface area contributed by atoms with Crippen molar-refractivity contribution in [3.63, 3.8) is 0 Å². The highest BCUT2D eigenvalue weighted by Crippen LogP contribution is 2.22. The second kappa shape index (κ2) is 9.90. The summed E-state index contributed by atoms with van der Waals surface area (Å²) in [4.78, 5) is 36.3. The van der Waals surface area contributed by atoms with Gasteiger partial charge in [0, 0.05) is 18.6 Å². The Hall–Kier alpha value is -3.66. The van der Waals surface area contributed by atoms with Gasteiger partial charge in [-0.3, -0.25) is 15.0 Å². The van der Waals surface area contributed by atoms with Gasteiger partial charge in [0.1, 0.15) is 25.0 Å². The predicted molar refractivity (Wildman–Crippen MR) is 107 cm³/mol. The molecule has 2 aromatic carbocycles. The Labute approximate surface area is 178 Å². The molecule has 1 aliphatic rings. The second-order valence-electron chi connectivity index (χ2n) is 6.99. The molecule has 0 radical (unpaired) electrons. The van der Waals surface area contributed by atoms with Crippen molar-refractivity contribution in [2.24, 2.45) is 0 Å². The van der Waals surface area contributed by atoms with E-state index in [0.717, 1.165) is 10.5 Å². The number of benzene rings is 2. The lowest BCUT2D eigenvalue weighted by Gasteiger charge is -2.22. The average Bonchev–Trinajstić information content (AvgIpc) is 3.18.